The molecule has 30 heavy (non-hydrogen) atoms. The second kappa shape index (κ2) is 7.23. The molecule has 1 atom stereocenters. The maximum absolute atomic E-state index is 16.3. The molecular formula is C22H19FN2O4S. The van der Waals surface area contributed by atoms with Crippen LogP contribution in [0.15, 0.2) is 77.7 Å². The van der Waals surface area contributed by atoms with E-state index in [-0.39, 0.29) is 22.6 Å². The van der Waals surface area contributed by atoms with Gasteiger partial charge in [-0.3, -0.25) is 4.79 Å². The fourth-order valence-electron chi connectivity index (χ4n) is 3.63. The van der Waals surface area contributed by atoms with Crippen LogP contribution in [0.25, 0.3) is 0 Å². The van der Waals surface area contributed by atoms with Gasteiger partial charge in [0, 0.05) is 11.1 Å². The Hall–Kier alpha value is -3.23. The maximum Gasteiger partial charge on any atom is 0.274 e. The summed E-state index contributed by atoms with van der Waals surface area (Å²) in [6.07, 6.45) is 0. The third kappa shape index (κ3) is 3.24. The van der Waals surface area contributed by atoms with Crippen molar-refractivity contribution in [1.82, 2.24) is 0 Å². The van der Waals surface area contributed by atoms with Gasteiger partial charge in [0.2, 0.25) is 15.7 Å². The van der Waals surface area contributed by atoms with Gasteiger partial charge < -0.3 is 9.64 Å². The van der Waals surface area contributed by atoms with Crippen molar-refractivity contribution in [3.8, 4) is 5.75 Å². The molecule has 1 aliphatic heterocycles. The number of halogens is 1. The molecule has 1 aliphatic rings. The van der Waals surface area contributed by atoms with Crippen LogP contribution in [-0.4, -0.2) is 21.4 Å². The van der Waals surface area contributed by atoms with Gasteiger partial charge in [-0.25, -0.2) is 17.9 Å². The van der Waals surface area contributed by atoms with Gasteiger partial charge in [-0.15, -0.1) is 0 Å². The van der Waals surface area contributed by atoms with Crippen molar-refractivity contribution in [3.05, 3.63) is 89.5 Å². The molecule has 0 saturated carbocycles. The van der Waals surface area contributed by atoms with Crippen molar-refractivity contribution in [1.29, 1.82) is 0 Å². The monoisotopic (exact) mass is 426 g/mol. The van der Waals surface area contributed by atoms with E-state index >= 15 is 4.39 Å². The first-order valence-corrected chi connectivity index (χ1v) is 10.7. The van der Waals surface area contributed by atoms with Crippen molar-refractivity contribution >= 4 is 21.6 Å². The molecule has 3 aromatic carbocycles. The topological polar surface area (TPSA) is 89.7 Å². The minimum Gasteiger partial charge on any atom is -0.497 e. The van der Waals surface area contributed by atoms with Gasteiger partial charge in [-0.1, -0.05) is 42.5 Å². The predicted molar refractivity (Wildman–Crippen MR) is 110 cm³/mol. The molecule has 8 heteroatoms. The molecule has 2 N–H and O–H groups in total. The van der Waals surface area contributed by atoms with Gasteiger partial charge in [0.1, 0.15) is 5.75 Å². The summed E-state index contributed by atoms with van der Waals surface area (Å²) < 4.78 is 44.5. The van der Waals surface area contributed by atoms with E-state index in [4.69, 9.17) is 9.88 Å². The number of carbonyl (C=O) groups is 1. The molecule has 0 saturated heterocycles. The van der Waals surface area contributed by atoms with Gasteiger partial charge in [-0.05, 0) is 35.9 Å². The Morgan fingerprint density at radius 3 is 2.23 bits per heavy atom. The molecule has 6 nitrogen and oxygen atoms in total. The number of hydrogen-bond donors (Lipinski definition) is 1. The Morgan fingerprint density at radius 2 is 1.63 bits per heavy atom. The van der Waals surface area contributed by atoms with E-state index in [1.54, 1.807) is 43.5 Å². The number of anilines is 1. The molecular weight excluding hydrogens is 407 g/mol. The number of ether oxygens (including phenoxy) is 1. The molecule has 0 radical (unpaired) electrons. The van der Waals surface area contributed by atoms with E-state index in [0.717, 1.165) is 5.56 Å². The largest absolute Gasteiger partial charge is 0.497 e. The third-order valence-electron chi connectivity index (χ3n) is 5.19. The van der Waals surface area contributed by atoms with Crippen molar-refractivity contribution in [3.63, 3.8) is 0 Å². The van der Waals surface area contributed by atoms with Crippen LogP contribution in [0, 0.1) is 0 Å². The standard InChI is InChI=1S/C22H19FN2O4S/c1-29-17-10-6-15(7-11-17)14-25-20-5-3-2-4-19(20)22(23,21(25)26)16-8-12-18(13-9-16)30(24,27)28/h2-13H,14H2,1H3,(H2,24,27,28). The summed E-state index contributed by atoms with van der Waals surface area (Å²) in [6.45, 7) is 0.181. The van der Waals surface area contributed by atoms with Crippen LogP contribution in [0.4, 0.5) is 10.1 Å². The van der Waals surface area contributed by atoms with Crippen LogP contribution < -0.4 is 14.8 Å². The third-order valence-corrected chi connectivity index (χ3v) is 6.12. The van der Waals surface area contributed by atoms with E-state index in [1.807, 2.05) is 12.1 Å². The zero-order valence-electron chi connectivity index (χ0n) is 16.1. The number of nitrogens with zero attached hydrogens (tertiary/aromatic N) is 1. The van der Waals surface area contributed by atoms with Crippen molar-refractivity contribution < 1.29 is 22.3 Å². The van der Waals surface area contributed by atoms with E-state index in [9.17, 15) is 13.2 Å². The van der Waals surface area contributed by atoms with Crippen LogP contribution >= 0.6 is 0 Å². The number of rotatable bonds is 5. The number of carbonyl (C=O) groups excluding carboxylic acids is 1. The molecule has 0 aliphatic carbocycles. The highest BCUT2D eigenvalue weighted by Gasteiger charge is 2.53. The van der Waals surface area contributed by atoms with E-state index in [2.05, 4.69) is 0 Å². The molecule has 4 rings (SSSR count). The molecule has 0 aromatic heterocycles. The van der Waals surface area contributed by atoms with E-state index in [1.165, 1.54) is 29.2 Å². The predicted octanol–water partition coefficient (Wildman–Crippen LogP) is 3.10. The van der Waals surface area contributed by atoms with Crippen LogP contribution in [-0.2, 0) is 27.0 Å². The number of benzene rings is 3. The molecule has 1 amide bonds. The normalized spacial score (nSPS) is 18.4. The zero-order valence-corrected chi connectivity index (χ0v) is 16.9. The Kier molecular flexibility index (Phi) is 4.83. The first-order valence-electron chi connectivity index (χ1n) is 9.12. The van der Waals surface area contributed by atoms with Crippen molar-refractivity contribution in [2.75, 3.05) is 12.0 Å². The van der Waals surface area contributed by atoms with Crippen LogP contribution in [0.1, 0.15) is 16.7 Å². The number of amides is 1. The van der Waals surface area contributed by atoms with E-state index < -0.39 is 21.6 Å². The number of alkyl halides is 1. The Morgan fingerprint density at radius 1 is 1.00 bits per heavy atom. The summed E-state index contributed by atoms with van der Waals surface area (Å²) in [4.78, 5) is 14.5. The lowest BCUT2D eigenvalue weighted by atomic mass is 9.89. The Bertz CT molecular complexity index is 1210. The SMILES string of the molecule is COc1ccc(CN2C(=O)C(F)(c3ccc(S(N)(=O)=O)cc3)c3ccccc32)cc1. The molecule has 0 spiro atoms. The van der Waals surface area contributed by atoms with Crippen LogP contribution in [0.5, 0.6) is 5.75 Å². The van der Waals surface area contributed by atoms with Gasteiger partial charge >= 0.3 is 0 Å². The zero-order chi connectivity index (χ0) is 21.5. The van der Waals surface area contributed by atoms with Crippen molar-refractivity contribution in [2.24, 2.45) is 5.14 Å². The number of nitrogens with two attached hydrogens (primary N) is 1. The summed E-state index contributed by atoms with van der Waals surface area (Å²) in [5, 5.41) is 5.12. The average molecular weight is 426 g/mol. The van der Waals surface area contributed by atoms with Crippen LogP contribution in [0.2, 0.25) is 0 Å². The smallest absolute Gasteiger partial charge is 0.274 e. The number of primary sulfonamides is 1. The summed E-state index contributed by atoms with van der Waals surface area (Å²) in [6, 6.07) is 18.8. The molecule has 0 bridgehead atoms. The first kappa shape index (κ1) is 20.1. The molecule has 1 heterocycles. The van der Waals surface area contributed by atoms with Gasteiger partial charge in [0.15, 0.2) is 0 Å². The maximum atomic E-state index is 16.3. The summed E-state index contributed by atoms with van der Waals surface area (Å²) in [5.41, 5.74) is -0.888. The number of sulfonamides is 1. The fourth-order valence-corrected chi connectivity index (χ4v) is 4.15. The second-order valence-electron chi connectivity index (χ2n) is 6.98. The number of methoxy groups -OCH3 is 1. The summed E-state index contributed by atoms with van der Waals surface area (Å²) >= 11 is 0. The lowest BCUT2D eigenvalue weighted by Gasteiger charge is -2.22. The highest BCUT2D eigenvalue weighted by atomic mass is 32.2. The number of fused-ring (bicyclic) bond motifs is 1. The Labute approximate surface area is 173 Å². The number of para-hydroxylation sites is 1. The number of hydrogen-bond acceptors (Lipinski definition) is 4. The minimum absolute atomic E-state index is 0.0459. The average Bonchev–Trinajstić information content (AvgIpc) is 2.97. The van der Waals surface area contributed by atoms with Gasteiger partial charge in [0.05, 0.1) is 24.2 Å². The van der Waals surface area contributed by atoms with E-state index in [0.29, 0.717) is 11.4 Å². The quantitative estimate of drug-likeness (QED) is 0.679. The first-order chi connectivity index (χ1) is 14.2. The molecule has 3 aromatic rings. The molecule has 0 fully saturated rings. The molecule has 154 valence electrons. The van der Waals surface area contributed by atoms with Gasteiger partial charge in [-0.2, -0.15) is 0 Å². The lowest BCUT2D eigenvalue weighted by Crippen LogP contribution is -2.37. The lowest BCUT2D eigenvalue weighted by molar-refractivity contribution is -0.127. The fraction of sp³-hybridized carbons (Fsp3) is 0.136. The second-order valence-corrected chi connectivity index (χ2v) is 8.55. The molecule has 1 unspecified atom stereocenters. The minimum atomic E-state index is -3.92. The highest BCUT2D eigenvalue weighted by Crippen LogP contribution is 2.47. The van der Waals surface area contributed by atoms with Crippen molar-refractivity contribution in [2.45, 2.75) is 17.1 Å². The highest BCUT2D eigenvalue weighted by molar-refractivity contribution is 7.89. The van der Waals surface area contributed by atoms with Crippen LogP contribution in [0.3, 0.4) is 0 Å². The Balaban J connectivity index is 1.75. The summed E-state index contributed by atoms with van der Waals surface area (Å²) in [7, 11) is -2.36. The summed E-state index contributed by atoms with van der Waals surface area (Å²) in [5.74, 6) is -0.0513. The van der Waals surface area contributed by atoms with Gasteiger partial charge in [0.25, 0.3) is 5.91 Å².